The third-order valence-corrected chi connectivity index (χ3v) is 4.83. The molecule has 1 aliphatic heterocycles. The van der Waals surface area contributed by atoms with Crippen molar-refractivity contribution in [1.29, 1.82) is 5.26 Å². The number of nitrogens with zero attached hydrogens (tertiary/aromatic N) is 2. The van der Waals surface area contributed by atoms with E-state index in [1.807, 2.05) is 42.5 Å². The summed E-state index contributed by atoms with van der Waals surface area (Å²) in [6.45, 7) is 1.07. The molecule has 28 heavy (non-hydrogen) atoms. The molecular weight excluding hydrogens is 354 g/mol. The van der Waals surface area contributed by atoms with Crippen LogP contribution in [0.3, 0.4) is 0 Å². The van der Waals surface area contributed by atoms with Crippen LogP contribution >= 0.6 is 0 Å². The van der Waals surface area contributed by atoms with Gasteiger partial charge in [-0.3, -0.25) is 9.59 Å². The van der Waals surface area contributed by atoms with Crippen molar-refractivity contribution >= 4 is 17.5 Å². The Balaban J connectivity index is 1.42. The van der Waals surface area contributed by atoms with Gasteiger partial charge in [-0.05, 0) is 42.7 Å². The van der Waals surface area contributed by atoms with E-state index in [1.165, 1.54) is 0 Å². The Bertz CT molecular complexity index is 836. The molecule has 0 radical (unpaired) electrons. The SMILES string of the molecule is N#CCc1ccc(OCC(=O)N2CCC(C(=O)Nc3ccccc3)CC2)cc1. The van der Waals surface area contributed by atoms with Gasteiger partial charge >= 0.3 is 0 Å². The highest BCUT2D eigenvalue weighted by molar-refractivity contribution is 5.92. The van der Waals surface area contributed by atoms with E-state index in [0.717, 1.165) is 11.3 Å². The summed E-state index contributed by atoms with van der Waals surface area (Å²) < 4.78 is 5.55. The largest absolute Gasteiger partial charge is 0.484 e. The quantitative estimate of drug-likeness (QED) is 0.839. The lowest BCUT2D eigenvalue weighted by atomic mass is 9.95. The van der Waals surface area contributed by atoms with Crippen LogP contribution in [0.15, 0.2) is 54.6 Å². The standard InChI is InChI=1S/C22H23N3O3/c23-13-10-17-6-8-20(9-7-17)28-16-21(26)25-14-11-18(12-15-25)22(27)24-19-4-2-1-3-5-19/h1-9,18H,10-12,14-16H2,(H,24,27). The fourth-order valence-corrected chi connectivity index (χ4v) is 3.19. The second-order valence-electron chi connectivity index (χ2n) is 6.78. The van der Waals surface area contributed by atoms with E-state index >= 15 is 0 Å². The van der Waals surface area contributed by atoms with Crippen LogP contribution in [0.2, 0.25) is 0 Å². The average Bonchev–Trinajstić information content (AvgIpc) is 2.74. The lowest BCUT2D eigenvalue weighted by molar-refractivity contribution is -0.136. The van der Waals surface area contributed by atoms with Gasteiger partial charge in [0.15, 0.2) is 6.61 Å². The lowest BCUT2D eigenvalue weighted by Gasteiger charge is -2.31. The summed E-state index contributed by atoms with van der Waals surface area (Å²) in [6.07, 6.45) is 1.65. The van der Waals surface area contributed by atoms with Gasteiger partial charge in [0, 0.05) is 24.7 Å². The molecule has 0 aromatic heterocycles. The molecule has 2 aromatic carbocycles. The first-order valence-corrected chi connectivity index (χ1v) is 9.38. The Kier molecular flexibility index (Phi) is 6.64. The summed E-state index contributed by atoms with van der Waals surface area (Å²) in [4.78, 5) is 26.5. The van der Waals surface area contributed by atoms with E-state index in [-0.39, 0.29) is 24.3 Å². The molecule has 144 valence electrons. The van der Waals surface area contributed by atoms with Crippen molar-refractivity contribution in [3.63, 3.8) is 0 Å². The van der Waals surface area contributed by atoms with Crippen LogP contribution < -0.4 is 10.1 Å². The van der Waals surface area contributed by atoms with Crippen LogP contribution in [0, 0.1) is 17.2 Å². The number of likely N-dealkylation sites (tertiary alicyclic amines) is 1. The number of benzene rings is 2. The maximum Gasteiger partial charge on any atom is 0.260 e. The maximum atomic E-state index is 12.4. The van der Waals surface area contributed by atoms with E-state index in [1.54, 1.807) is 17.0 Å². The molecule has 6 heteroatoms. The number of hydrogen-bond donors (Lipinski definition) is 1. The highest BCUT2D eigenvalue weighted by Gasteiger charge is 2.27. The number of rotatable bonds is 6. The van der Waals surface area contributed by atoms with Gasteiger partial charge in [-0.15, -0.1) is 0 Å². The van der Waals surface area contributed by atoms with Crippen LogP contribution in [-0.4, -0.2) is 36.4 Å². The summed E-state index contributed by atoms with van der Waals surface area (Å²) in [5, 5.41) is 11.6. The van der Waals surface area contributed by atoms with Gasteiger partial charge in [-0.1, -0.05) is 30.3 Å². The normalized spacial score (nSPS) is 14.2. The Morgan fingerprint density at radius 3 is 2.39 bits per heavy atom. The van der Waals surface area contributed by atoms with Gasteiger partial charge in [0.2, 0.25) is 5.91 Å². The van der Waals surface area contributed by atoms with Crippen LogP contribution in [0.1, 0.15) is 18.4 Å². The fraction of sp³-hybridized carbons (Fsp3) is 0.318. The highest BCUT2D eigenvalue weighted by atomic mass is 16.5. The summed E-state index contributed by atoms with van der Waals surface area (Å²) in [5.74, 6) is 0.444. The smallest absolute Gasteiger partial charge is 0.260 e. The number of amides is 2. The number of para-hydroxylation sites is 1. The summed E-state index contributed by atoms with van der Waals surface area (Å²) >= 11 is 0. The second kappa shape index (κ2) is 9.56. The molecule has 2 amide bonds. The van der Waals surface area contributed by atoms with Crippen molar-refractivity contribution in [3.8, 4) is 11.8 Å². The van der Waals surface area contributed by atoms with Crippen molar-refractivity contribution in [2.24, 2.45) is 5.92 Å². The molecule has 3 rings (SSSR count). The van der Waals surface area contributed by atoms with E-state index in [9.17, 15) is 9.59 Å². The molecule has 0 aliphatic carbocycles. The van der Waals surface area contributed by atoms with Crippen LogP contribution in [0.5, 0.6) is 5.75 Å². The zero-order valence-corrected chi connectivity index (χ0v) is 15.6. The van der Waals surface area contributed by atoms with E-state index in [2.05, 4.69) is 11.4 Å². The summed E-state index contributed by atoms with van der Waals surface area (Å²) in [7, 11) is 0. The number of nitriles is 1. The molecule has 0 saturated carbocycles. The molecule has 0 spiro atoms. The van der Waals surface area contributed by atoms with Gasteiger partial charge in [0.25, 0.3) is 5.91 Å². The number of carbonyl (C=O) groups is 2. The predicted molar refractivity (Wildman–Crippen MR) is 106 cm³/mol. The van der Waals surface area contributed by atoms with Crippen molar-refractivity contribution in [3.05, 3.63) is 60.2 Å². The van der Waals surface area contributed by atoms with Gasteiger partial charge in [-0.2, -0.15) is 5.26 Å². The Labute approximate surface area is 164 Å². The molecule has 0 atom stereocenters. The zero-order valence-electron chi connectivity index (χ0n) is 15.6. The fourth-order valence-electron chi connectivity index (χ4n) is 3.19. The molecular formula is C22H23N3O3. The Morgan fingerprint density at radius 1 is 1.07 bits per heavy atom. The van der Waals surface area contributed by atoms with Crippen molar-refractivity contribution in [1.82, 2.24) is 4.90 Å². The third-order valence-electron chi connectivity index (χ3n) is 4.83. The minimum Gasteiger partial charge on any atom is -0.484 e. The van der Waals surface area contributed by atoms with Gasteiger partial charge in [0.05, 0.1) is 12.5 Å². The minimum atomic E-state index is -0.0853. The van der Waals surface area contributed by atoms with Crippen molar-refractivity contribution in [2.45, 2.75) is 19.3 Å². The first kappa shape index (κ1) is 19.4. The molecule has 1 N–H and O–H groups in total. The van der Waals surface area contributed by atoms with Crippen LogP contribution in [-0.2, 0) is 16.0 Å². The lowest BCUT2D eigenvalue weighted by Crippen LogP contribution is -2.43. The monoisotopic (exact) mass is 377 g/mol. The van der Waals surface area contributed by atoms with Crippen molar-refractivity contribution < 1.29 is 14.3 Å². The predicted octanol–water partition coefficient (Wildman–Crippen LogP) is 3.01. The highest BCUT2D eigenvalue weighted by Crippen LogP contribution is 2.20. The average molecular weight is 377 g/mol. The maximum absolute atomic E-state index is 12.4. The van der Waals surface area contributed by atoms with Crippen molar-refractivity contribution in [2.75, 3.05) is 25.0 Å². The molecule has 6 nitrogen and oxygen atoms in total. The Hall–Kier alpha value is -3.33. The summed E-state index contributed by atoms with van der Waals surface area (Å²) in [5.41, 5.74) is 1.71. The Morgan fingerprint density at radius 2 is 1.75 bits per heavy atom. The van der Waals surface area contributed by atoms with Gasteiger partial charge < -0.3 is 15.0 Å². The third kappa shape index (κ3) is 5.34. The number of anilines is 1. The molecule has 0 unspecified atom stereocenters. The van der Waals surface area contributed by atoms with Crippen LogP contribution in [0.25, 0.3) is 0 Å². The van der Waals surface area contributed by atoms with E-state index in [4.69, 9.17) is 10.00 Å². The zero-order chi connectivity index (χ0) is 19.8. The molecule has 1 fully saturated rings. The van der Waals surface area contributed by atoms with Gasteiger partial charge in [-0.25, -0.2) is 0 Å². The van der Waals surface area contributed by atoms with Crippen LogP contribution in [0.4, 0.5) is 5.69 Å². The molecule has 1 saturated heterocycles. The first-order chi connectivity index (χ1) is 13.7. The first-order valence-electron chi connectivity index (χ1n) is 9.38. The topological polar surface area (TPSA) is 82.4 Å². The van der Waals surface area contributed by atoms with E-state index < -0.39 is 0 Å². The second-order valence-corrected chi connectivity index (χ2v) is 6.78. The molecule has 1 heterocycles. The number of piperidine rings is 1. The minimum absolute atomic E-state index is 0.00649. The molecule has 0 bridgehead atoms. The number of ether oxygens (including phenoxy) is 1. The summed E-state index contributed by atoms with van der Waals surface area (Å²) in [6, 6.07) is 18.7. The number of nitrogens with one attached hydrogen (secondary N) is 1. The molecule has 1 aliphatic rings. The number of hydrogen-bond acceptors (Lipinski definition) is 4. The van der Waals surface area contributed by atoms with Gasteiger partial charge in [0.1, 0.15) is 5.75 Å². The number of carbonyl (C=O) groups excluding carboxylic acids is 2. The van der Waals surface area contributed by atoms with E-state index in [0.29, 0.717) is 38.1 Å². The molecule has 2 aromatic rings.